The molecule has 0 radical (unpaired) electrons. The Labute approximate surface area is 123 Å². The van der Waals surface area contributed by atoms with Crippen LogP contribution in [0.5, 0.6) is 0 Å². The molecule has 0 heterocycles. The highest BCUT2D eigenvalue weighted by Crippen LogP contribution is 2.19. The van der Waals surface area contributed by atoms with E-state index in [1.54, 1.807) is 0 Å². The maximum atomic E-state index is 11.1. The average Bonchev–Trinajstić information content (AvgIpc) is 2.31. The zero-order chi connectivity index (χ0) is 16.5. The summed E-state index contributed by atoms with van der Waals surface area (Å²) in [6.45, 7) is 6.52. The van der Waals surface area contributed by atoms with Crippen molar-refractivity contribution in [1.82, 2.24) is 0 Å². The Morgan fingerprint density at radius 2 is 1.38 bits per heavy atom. The van der Waals surface area contributed by atoms with Gasteiger partial charge >= 0.3 is 14.8 Å². The van der Waals surface area contributed by atoms with Crippen molar-refractivity contribution in [3.8, 4) is 0 Å². The van der Waals surface area contributed by atoms with Crippen LogP contribution in [0.2, 0.25) is 6.04 Å². The molecule has 0 saturated heterocycles. The number of hydrogen-bond donors (Lipinski definition) is 0. The molecule has 9 heteroatoms. The minimum atomic E-state index is -3.83. The molecule has 0 aliphatic heterocycles. The van der Waals surface area contributed by atoms with E-state index in [9.17, 15) is 19.2 Å². The first-order valence-electron chi connectivity index (χ1n) is 6.08. The first-order valence-corrected chi connectivity index (χ1v) is 8.02. The highest BCUT2D eigenvalue weighted by atomic mass is 28.4. The van der Waals surface area contributed by atoms with Crippen molar-refractivity contribution in [3.05, 3.63) is 12.7 Å². The lowest BCUT2D eigenvalue weighted by atomic mass is 10.5. The van der Waals surface area contributed by atoms with Gasteiger partial charge in [0.2, 0.25) is 0 Å². The van der Waals surface area contributed by atoms with Crippen molar-refractivity contribution >= 4 is 32.7 Å². The van der Waals surface area contributed by atoms with E-state index < -0.39 is 32.7 Å². The zero-order valence-corrected chi connectivity index (χ0v) is 13.2. The van der Waals surface area contributed by atoms with Gasteiger partial charge in [0.25, 0.3) is 17.9 Å². The van der Waals surface area contributed by atoms with Gasteiger partial charge in [0.1, 0.15) is 0 Å². The largest absolute Gasteiger partial charge is 0.705 e. The third-order valence-corrected chi connectivity index (χ3v) is 4.70. The van der Waals surface area contributed by atoms with Crippen LogP contribution in [0.1, 0.15) is 27.2 Å². The maximum Gasteiger partial charge on any atom is 0.705 e. The fraction of sp³-hybridized carbons (Fsp3) is 0.500. The highest BCUT2D eigenvalue weighted by Gasteiger charge is 2.51. The average molecular weight is 318 g/mol. The number of ether oxygens (including phenoxy) is 1. The minimum Gasteiger partial charge on any atom is -0.463 e. The number of rotatable bonds is 8. The van der Waals surface area contributed by atoms with Crippen molar-refractivity contribution in [2.24, 2.45) is 0 Å². The van der Waals surface area contributed by atoms with E-state index in [0.29, 0.717) is 0 Å². The summed E-state index contributed by atoms with van der Waals surface area (Å²) in [6.07, 6.45) is 1.18. The molecule has 0 unspecified atom stereocenters. The van der Waals surface area contributed by atoms with Crippen molar-refractivity contribution in [2.75, 3.05) is 6.61 Å². The van der Waals surface area contributed by atoms with Crippen molar-refractivity contribution in [3.63, 3.8) is 0 Å². The molecule has 118 valence electrons. The van der Waals surface area contributed by atoms with Crippen LogP contribution >= 0.6 is 0 Å². The fourth-order valence-electron chi connectivity index (χ4n) is 1.39. The highest BCUT2D eigenvalue weighted by molar-refractivity contribution is 6.65. The Kier molecular flexibility index (Phi) is 7.98. The van der Waals surface area contributed by atoms with E-state index >= 15 is 0 Å². The third kappa shape index (κ3) is 8.58. The van der Waals surface area contributed by atoms with Crippen LogP contribution in [-0.2, 0) is 37.2 Å². The van der Waals surface area contributed by atoms with Gasteiger partial charge in [0.15, 0.2) is 0 Å². The van der Waals surface area contributed by atoms with Gasteiger partial charge in [-0.05, 0) is 6.42 Å². The van der Waals surface area contributed by atoms with Crippen molar-refractivity contribution in [1.29, 1.82) is 0 Å². The summed E-state index contributed by atoms with van der Waals surface area (Å²) in [7, 11) is -3.83. The first-order chi connectivity index (χ1) is 9.70. The molecule has 0 aliphatic carbocycles. The molecule has 0 rings (SSSR count). The molecule has 0 fully saturated rings. The summed E-state index contributed by atoms with van der Waals surface area (Å²) in [6, 6.07) is -0.0455. The van der Waals surface area contributed by atoms with E-state index in [-0.39, 0.29) is 19.1 Å². The summed E-state index contributed by atoms with van der Waals surface area (Å²) in [5.74, 6) is -2.85. The van der Waals surface area contributed by atoms with E-state index in [4.69, 9.17) is 18.0 Å². The number of hydrogen-bond acceptors (Lipinski definition) is 8. The Morgan fingerprint density at radius 1 is 0.952 bits per heavy atom. The molecule has 0 N–H and O–H groups in total. The van der Waals surface area contributed by atoms with Crippen molar-refractivity contribution in [2.45, 2.75) is 33.2 Å². The molecule has 0 aromatic heterocycles. The normalized spacial score (nSPS) is 10.2. The smallest absolute Gasteiger partial charge is 0.463 e. The Morgan fingerprint density at radius 3 is 1.71 bits per heavy atom. The van der Waals surface area contributed by atoms with Crippen LogP contribution in [0, 0.1) is 0 Å². The summed E-state index contributed by atoms with van der Waals surface area (Å²) in [5, 5.41) is 0. The SMILES string of the molecule is C=CC(=O)OCCC[Si](OC(C)=O)(OC(C)=O)OC(C)=O. The molecule has 0 aliphatic rings. The molecule has 0 bridgehead atoms. The monoisotopic (exact) mass is 318 g/mol. The molecule has 0 amide bonds. The Hall–Kier alpha value is -2.16. The van der Waals surface area contributed by atoms with Gasteiger partial charge in [-0.3, -0.25) is 14.4 Å². The summed E-state index contributed by atoms with van der Waals surface area (Å²) >= 11 is 0. The summed E-state index contributed by atoms with van der Waals surface area (Å²) in [4.78, 5) is 44.3. The third-order valence-electron chi connectivity index (χ3n) is 1.94. The topological polar surface area (TPSA) is 105 Å². The predicted molar refractivity (Wildman–Crippen MR) is 71.6 cm³/mol. The second kappa shape index (κ2) is 8.90. The molecule has 0 saturated carbocycles. The standard InChI is InChI=1S/C12H18O8Si/c1-5-12(16)17-7-6-8-21(18-9(2)13,19-10(3)14)20-11(4)15/h5H,1,6-8H2,2-4H3. The lowest BCUT2D eigenvalue weighted by molar-refractivity contribution is -0.148. The van der Waals surface area contributed by atoms with Gasteiger partial charge in [-0.1, -0.05) is 6.58 Å². The quantitative estimate of drug-likeness (QED) is 0.279. The van der Waals surface area contributed by atoms with Gasteiger partial charge in [-0.25, -0.2) is 4.79 Å². The molecule has 0 aromatic rings. The van der Waals surface area contributed by atoms with Gasteiger partial charge in [-0.2, -0.15) is 0 Å². The van der Waals surface area contributed by atoms with Gasteiger partial charge < -0.3 is 18.0 Å². The van der Waals surface area contributed by atoms with Gasteiger partial charge in [0.05, 0.1) is 12.7 Å². The first kappa shape index (κ1) is 18.8. The van der Waals surface area contributed by atoms with Crippen LogP contribution in [-0.4, -0.2) is 39.3 Å². The van der Waals surface area contributed by atoms with Crippen LogP contribution < -0.4 is 0 Å². The molecule has 0 aromatic carbocycles. The van der Waals surface area contributed by atoms with E-state index in [1.807, 2.05) is 0 Å². The van der Waals surface area contributed by atoms with Crippen LogP contribution in [0.4, 0.5) is 0 Å². The second-order valence-corrected chi connectivity index (χ2v) is 6.42. The number of carbonyl (C=O) groups is 4. The Balaban J connectivity index is 4.84. The molecule has 21 heavy (non-hydrogen) atoms. The van der Waals surface area contributed by atoms with Crippen molar-refractivity contribution < 1.29 is 37.2 Å². The number of carbonyl (C=O) groups excluding carboxylic acids is 4. The lowest BCUT2D eigenvalue weighted by Crippen LogP contribution is -2.49. The van der Waals surface area contributed by atoms with Crippen LogP contribution in [0.15, 0.2) is 12.7 Å². The number of esters is 1. The van der Waals surface area contributed by atoms with E-state index in [2.05, 4.69) is 6.58 Å². The molecular weight excluding hydrogens is 300 g/mol. The van der Waals surface area contributed by atoms with E-state index in [0.717, 1.165) is 26.8 Å². The maximum absolute atomic E-state index is 11.1. The van der Waals surface area contributed by atoms with Crippen LogP contribution in [0.25, 0.3) is 0 Å². The van der Waals surface area contributed by atoms with E-state index in [1.165, 1.54) is 0 Å². The minimum absolute atomic E-state index is 0.0244. The van der Waals surface area contributed by atoms with Gasteiger partial charge in [-0.15, -0.1) is 0 Å². The summed E-state index contributed by atoms with van der Waals surface area (Å²) < 4.78 is 19.6. The lowest BCUT2D eigenvalue weighted by Gasteiger charge is -2.26. The van der Waals surface area contributed by atoms with Gasteiger partial charge in [0, 0.05) is 26.8 Å². The Bertz CT molecular complexity index is 390. The second-order valence-electron chi connectivity index (χ2n) is 3.94. The van der Waals surface area contributed by atoms with Crippen LogP contribution in [0.3, 0.4) is 0 Å². The molecular formula is C12H18O8Si. The molecule has 0 atom stereocenters. The zero-order valence-electron chi connectivity index (χ0n) is 12.2. The predicted octanol–water partition coefficient (Wildman–Crippen LogP) is 0.734. The summed E-state index contributed by atoms with van der Waals surface area (Å²) in [5.41, 5.74) is 0. The fourth-order valence-corrected chi connectivity index (χ4v) is 3.72. The molecule has 8 nitrogen and oxygen atoms in total. The molecule has 0 spiro atoms.